The summed E-state index contributed by atoms with van der Waals surface area (Å²) < 4.78 is 28.0. The number of sulfonamides is 1. The van der Waals surface area contributed by atoms with Gasteiger partial charge >= 0.3 is 0 Å². The molecule has 0 spiro atoms. The van der Waals surface area contributed by atoms with E-state index in [0.717, 1.165) is 21.9 Å². The fraction of sp³-hybridized carbons (Fsp3) is 0.200. The third-order valence-electron chi connectivity index (χ3n) is 4.75. The molecule has 1 aliphatic heterocycles. The van der Waals surface area contributed by atoms with E-state index < -0.39 is 15.9 Å². The molecule has 3 heterocycles. The van der Waals surface area contributed by atoms with Crippen molar-refractivity contribution in [2.75, 3.05) is 18.1 Å². The van der Waals surface area contributed by atoms with Crippen molar-refractivity contribution in [2.24, 2.45) is 0 Å². The Kier molecular flexibility index (Phi) is 5.73. The van der Waals surface area contributed by atoms with E-state index in [1.54, 1.807) is 23.7 Å². The van der Waals surface area contributed by atoms with Crippen LogP contribution >= 0.6 is 23.1 Å². The number of hydrogen-bond donors (Lipinski definition) is 1. The number of carbonyl (C=O) groups excluding carboxylic acids is 1. The molecule has 4 rings (SSSR count). The number of fused-ring (bicyclic) bond motifs is 1. The second kappa shape index (κ2) is 8.27. The van der Waals surface area contributed by atoms with Crippen LogP contribution in [0.3, 0.4) is 0 Å². The summed E-state index contributed by atoms with van der Waals surface area (Å²) in [6.45, 7) is 0.714. The number of carbonyl (C=O) groups is 1. The summed E-state index contributed by atoms with van der Waals surface area (Å²) in [6.07, 6.45) is 4.14. The van der Waals surface area contributed by atoms with Gasteiger partial charge in [0.05, 0.1) is 16.9 Å². The molecule has 29 heavy (non-hydrogen) atoms. The lowest BCUT2D eigenvalue weighted by Crippen LogP contribution is -2.36. The van der Waals surface area contributed by atoms with Crippen LogP contribution in [0, 0.1) is 0 Å². The lowest BCUT2D eigenvalue weighted by molar-refractivity contribution is 0.102. The SMILES string of the molecule is CSc1ccc(NC(=O)c2sccc2S(=O)(=O)N2CCc3ccccc3C2)cn1. The summed E-state index contributed by atoms with van der Waals surface area (Å²) in [7, 11) is -3.78. The van der Waals surface area contributed by atoms with Crippen molar-refractivity contribution in [3.05, 3.63) is 70.0 Å². The van der Waals surface area contributed by atoms with Crippen LogP contribution in [-0.4, -0.2) is 36.4 Å². The summed E-state index contributed by atoms with van der Waals surface area (Å²) in [6, 6.07) is 12.9. The highest BCUT2D eigenvalue weighted by Crippen LogP contribution is 2.30. The summed E-state index contributed by atoms with van der Waals surface area (Å²) >= 11 is 2.62. The molecule has 0 fully saturated rings. The number of aromatic nitrogens is 1. The van der Waals surface area contributed by atoms with Crippen molar-refractivity contribution in [1.29, 1.82) is 0 Å². The average molecular weight is 446 g/mol. The van der Waals surface area contributed by atoms with Crippen LogP contribution in [0.25, 0.3) is 0 Å². The zero-order valence-corrected chi connectivity index (χ0v) is 18.1. The van der Waals surface area contributed by atoms with Crippen LogP contribution in [-0.2, 0) is 23.0 Å². The first-order chi connectivity index (χ1) is 14.0. The Labute approximate surface area is 178 Å². The van der Waals surface area contributed by atoms with Crippen molar-refractivity contribution in [1.82, 2.24) is 9.29 Å². The van der Waals surface area contributed by atoms with Crippen molar-refractivity contribution < 1.29 is 13.2 Å². The molecular formula is C20H19N3O3S3. The van der Waals surface area contributed by atoms with Crippen LogP contribution in [0.15, 0.2) is 64.0 Å². The van der Waals surface area contributed by atoms with E-state index in [0.29, 0.717) is 25.2 Å². The number of nitrogens with zero attached hydrogens (tertiary/aromatic N) is 2. The van der Waals surface area contributed by atoms with Gasteiger partial charge in [-0.25, -0.2) is 13.4 Å². The molecule has 1 amide bonds. The molecule has 3 aromatic rings. The molecule has 150 valence electrons. The van der Waals surface area contributed by atoms with Gasteiger partial charge in [0.25, 0.3) is 5.91 Å². The van der Waals surface area contributed by atoms with E-state index in [-0.39, 0.29) is 9.77 Å². The van der Waals surface area contributed by atoms with Gasteiger partial charge in [0.2, 0.25) is 10.0 Å². The number of nitrogens with one attached hydrogen (secondary N) is 1. The summed E-state index contributed by atoms with van der Waals surface area (Å²) in [5, 5.41) is 5.22. The van der Waals surface area contributed by atoms with E-state index in [1.807, 2.05) is 30.5 Å². The Morgan fingerprint density at radius 3 is 2.69 bits per heavy atom. The van der Waals surface area contributed by atoms with Crippen molar-refractivity contribution in [3.63, 3.8) is 0 Å². The molecule has 1 aliphatic rings. The number of hydrogen-bond acceptors (Lipinski definition) is 6. The van der Waals surface area contributed by atoms with Gasteiger partial charge < -0.3 is 5.32 Å². The van der Waals surface area contributed by atoms with Crippen LogP contribution in [0.5, 0.6) is 0 Å². The van der Waals surface area contributed by atoms with Crippen molar-refractivity contribution in [2.45, 2.75) is 22.9 Å². The zero-order chi connectivity index (χ0) is 20.4. The highest BCUT2D eigenvalue weighted by atomic mass is 32.2. The second-order valence-electron chi connectivity index (χ2n) is 6.51. The normalized spacial score (nSPS) is 14.4. The largest absolute Gasteiger partial charge is 0.320 e. The summed E-state index contributed by atoms with van der Waals surface area (Å²) in [4.78, 5) is 17.2. The number of amides is 1. The number of thioether (sulfide) groups is 1. The van der Waals surface area contributed by atoms with Crippen LogP contribution in [0.2, 0.25) is 0 Å². The number of thiophene rings is 1. The number of rotatable bonds is 5. The van der Waals surface area contributed by atoms with Gasteiger partial charge in [-0.3, -0.25) is 4.79 Å². The molecule has 1 N–H and O–H groups in total. The van der Waals surface area contributed by atoms with Gasteiger partial charge in [-0.15, -0.1) is 23.1 Å². The van der Waals surface area contributed by atoms with Gasteiger partial charge in [0.1, 0.15) is 9.77 Å². The Balaban J connectivity index is 1.57. The lowest BCUT2D eigenvalue weighted by atomic mass is 10.0. The monoisotopic (exact) mass is 445 g/mol. The third-order valence-corrected chi connectivity index (χ3v) is 8.34. The first kappa shape index (κ1) is 20.1. The van der Waals surface area contributed by atoms with E-state index >= 15 is 0 Å². The summed E-state index contributed by atoms with van der Waals surface area (Å²) in [5.41, 5.74) is 2.70. The minimum absolute atomic E-state index is 0.0491. The molecule has 6 nitrogen and oxygen atoms in total. The van der Waals surface area contributed by atoms with Crippen LogP contribution < -0.4 is 5.32 Å². The highest BCUT2D eigenvalue weighted by Gasteiger charge is 2.32. The fourth-order valence-corrected chi connectivity index (χ4v) is 6.32. The fourth-order valence-electron chi connectivity index (χ4n) is 3.24. The van der Waals surface area contributed by atoms with Gasteiger partial charge in [-0.2, -0.15) is 4.31 Å². The Morgan fingerprint density at radius 1 is 1.17 bits per heavy atom. The maximum absolute atomic E-state index is 13.3. The minimum atomic E-state index is -3.78. The maximum atomic E-state index is 13.3. The maximum Gasteiger partial charge on any atom is 0.267 e. The molecule has 2 aromatic heterocycles. The smallest absolute Gasteiger partial charge is 0.267 e. The minimum Gasteiger partial charge on any atom is -0.320 e. The molecule has 0 radical (unpaired) electrons. The predicted molar refractivity (Wildman–Crippen MR) is 116 cm³/mol. The van der Waals surface area contributed by atoms with Crippen molar-refractivity contribution in [3.8, 4) is 0 Å². The molecule has 0 atom stereocenters. The van der Waals surface area contributed by atoms with Crippen LogP contribution in [0.4, 0.5) is 5.69 Å². The molecule has 1 aromatic carbocycles. The Hall–Kier alpha value is -2.20. The predicted octanol–water partition coefficient (Wildman–Crippen LogP) is 3.86. The number of benzene rings is 1. The van der Waals surface area contributed by atoms with E-state index in [1.165, 1.54) is 27.7 Å². The molecule has 0 saturated heterocycles. The van der Waals surface area contributed by atoms with Gasteiger partial charge in [0.15, 0.2) is 0 Å². The average Bonchev–Trinajstić information content (AvgIpc) is 3.25. The van der Waals surface area contributed by atoms with Crippen molar-refractivity contribution >= 4 is 44.7 Å². The first-order valence-corrected chi connectivity index (χ1v) is 12.5. The molecule has 9 heteroatoms. The van der Waals surface area contributed by atoms with Gasteiger partial charge in [-0.05, 0) is 47.4 Å². The van der Waals surface area contributed by atoms with E-state index in [2.05, 4.69) is 10.3 Å². The van der Waals surface area contributed by atoms with E-state index in [4.69, 9.17) is 0 Å². The first-order valence-electron chi connectivity index (χ1n) is 8.95. The molecule has 0 aliphatic carbocycles. The number of pyridine rings is 1. The molecule has 0 bridgehead atoms. The Morgan fingerprint density at radius 2 is 1.97 bits per heavy atom. The standard InChI is InChI=1S/C20H19N3O3S3/c1-27-18-7-6-16(12-21-18)22-20(24)19-17(9-11-28-19)29(25,26)23-10-8-14-4-2-3-5-15(14)13-23/h2-7,9,11-12H,8,10,13H2,1H3,(H,22,24). The van der Waals surface area contributed by atoms with Gasteiger partial charge in [0, 0.05) is 13.1 Å². The zero-order valence-electron chi connectivity index (χ0n) is 15.7. The topological polar surface area (TPSA) is 79.4 Å². The van der Waals surface area contributed by atoms with Gasteiger partial charge in [-0.1, -0.05) is 24.3 Å². The number of anilines is 1. The lowest BCUT2D eigenvalue weighted by Gasteiger charge is -2.28. The van der Waals surface area contributed by atoms with Crippen LogP contribution in [0.1, 0.15) is 20.8 Å². The highest BCUT2D eigenvalue weighted by molar-refractivity contribution is 7.98. The molecular weight excluding hydrogens is 426 g/mol. The second-order valence-corrected chi connectivity index (χ2v) is 10.2. The van der Waals surface area contributed by atoms with E-state index in [9.17, 15) is 13.2 Å². The molecule has 0 saturated carbocycles. The quantitative estimate of drug-likeness (QED) is 0.603. The summed E-state index contributed by atoms with van der Waals surface area (Å²) in [5.74, 6) is -0.449. The molecule has 0 unspecified atom stereocenters. The Bertz CT molecular complexity index is 1140. The third kappa shape index (κ3) is 4.09.